The first-order chi connectivity index (χ1) is 14.5. The number of ether oxygens (including phenoxy) is 2. The van der Waals surface area contributed by atoms with Gasteiger partial charge < -0.3 is 14.6 Å². The van der Waals surface area contributed by atoms with E-state index < -0.39 is 6.10 Å². The molecular formula is C25H34ClNO4. The Kier molecular flexibility index (Phi) is 5.21. The van der Waals surface area contributed by atoms with Crippen molar-refractivity contribution in [2.45, 2.75) is 76.4 Å². The van der Waals surface area contributed by atoms with E-state index in [1.807, 2.05) is 0 Å². The molecule has 31 heavy (non-hydrogen) atoms. The third kappa shape index (κ3) is 3.10. The number of rotatable bonds is 6. The van der Waals surface area contributed by atoms with Gasteiger partial charge in [-0.1, -0.05) is 13.8 Å². The molecule has 0 radical (unpaired) electrons. The Morgan fingerprint density at radius 1 is 1.32 bits per heavy atom. The fourth-order valence-electron chi connectivity index (χ4n) is 6.85. The Hall–Kier alpha value is -1.46. The van der Waals surface area contributed by atoms with Gasteiger partial charge in [0.2, 0.25) is 0 Å². The zero-order valence-corrected chi connectivity index (χ0v) is 19.4. The van der Waals surface area contributed by atoms with Gasteiger partial charge >= 0.3 is 0 Å². The maximum atomic E-state index is 13.0. The highest BCUT2D eigenvalue weighted by molar-refractivity contribution is 5.89. The molecule has 6 rings (SSSR count). The molecule has 2 heterocycles. The van der Waals surface area contributed by atoms with E-state index in [1.54, 1.807) is 6.07 Å². The topological polar surface area (TPSA) is 59.0 Å². The van der Waals surface area contributed by atoms with Crippen LogP contribution in [0.4, 0.5) is 0 Å². The predicted octanol–water partition coefficient (Wildman–Crippen LogP) is 4.26. The normalized spacial score (nSPS) is 33.0. The van der Waals surface area contributed by atoms with E-state index >= 15 is 0 Å². The number of hydrogen-bond donors (Lipinski definition) is 1. The van der Waals surface area contributed by atoms with Crippen molar-refractivity contribution in [3.05, 3.63) is 17.2 Å². The molecule has 0 aromatic heterocycles. The number of carbonyl (C=O) groups is 1. The van der Waals surface area contributed by atoms with Crippen LogP contribution in [-0.4, -0.2) is 47.6 Å². The number of carbonyl (C=O) groups excluding carboxylic acids is 1. The molecule has 2 bridgehead atoms. The number of phenolic OH excluding ortho intramolecular Hbond substituents is 1. The third-order valence-corrected chi connectivity index (χ3v) is 8.45. The van der Waals surface area contributed by atoms with E-state index in [2.05, 4.69) is 18.7 Å². The van der Waals surface area contributed by atoms with Crippen molar-refractivity contribution < 1.29 is 19.4 Å². The van der Waals surface area contributed by atoms with Crippen LogP contribution in [0.15, 0.2) is 6.07 Å². The molecule has 2 saturated carbocycles. The number of benzene rings is 1. The number of ketones is 1. The van der Waals surface area contributed by atoms with E-state index in [9.17, 15) is 9.90 Å². The van der Waals surface area contributed by atoms with Gasteiger partial charge in [0, 0.05) is 41.6 Å². The van der Waals surface area contributed by atoms with Gasteiger partial charge in [0.15, 0.2) is 23.4 Å². The van der Waals surface area contributed by atoms with Gasteiger partial charge in [0.05, 0.1) is 6.61 Å². The summed E-state index contributed by atoms with van der Waals surface area (Å²) in [7, 11) is 0. The lowest BCUT2D eigenvalue weighted by Crippen LogP contribution is -2.66. The molecule has 0 unspecified atom stereocenters. The molecule has 5 nitrogen and oxygen atoms in total. The Morgan fingerprint density at radius 2 is 2.13 bits per heavy atom. The number of hydrogen-bond acceptors (Lipinski definition) is 5. The molecule has 3 aliphatic carbocycles. The fraction of sp³-hybridized carbons (Fsp3) is 0.720. The zero-order chi connectivity index (χ0) is 20.6. The second-order valence-corrected chi connectivity index (χ2v) is 10.7. The van der Waals surface area contributed by atoms with Crippen molar-refractivity contribution >= 4 is 18.2 Å². The van der Waals surface area contributed by atoms with Crippen LogP contribution < -0.4 is 9.47 Å². The Labute approximate surface area is 190 Å². The summed E-state index contributed by atoms with van der Waals surface area (Å²) < 4.78 is 12.5. The van der Waals surface area contributed by atoms with Gasteiger partial charge in [-0.25, -0.2) is 0 Å². The average molecular weight is 448 g/mol. The smallest absolute Gasteiger partial charge is 0.174 e. The molecule has 6 heteroatoms. The quantitative estimate of drug-likeness (QED) is 0.706. The number of likely N-dealkylation sites (tertiary alicyclic amines) is 1. The summed E-state index contributed by atoms with van der Waals surface area (Å²) in [6, 6.07) is 2.20. The summed E-state index contributed by atoms with van der Waals surface area (Å²) in [5, 5.41) is 10.8. The monoisotopic (exact) mass is 447 g/mol. The molecule has 0 amide bonds. The van der Waals surface area contributed by atoms with Gasteiger partial charge in [0.1, 0.15) is 5.75 Å². The van der Waals surface area contributed by atoms with Crippen LogP contribution in [0, 0.1) is 17.8 Å². The second-order valence-electron chi connectivity index (χ2n) is 10.7. The molecule has 170 valence electrons. The van der Waals surface area contributed by atoms with E-state index in [4.69, 9.17) is 9.47 Å². The number of piperidine rings is 1. The number of halogens is 1. The van der Waals surface area contributed by atoms with Crippen molar-refractivity contribution in [2.24, 2.45) is 17.8 Å². The lowest BCUT2D eigenvalue weighted by Gasteiger charge is -2.57. The summed E-state index contributed by atoms with van der Waals surface area (Å²) in [6.45, 7) is 7.27. The zero-order valence-electron chi connectivity index (χ0n) is 18.6. The Morgan fingerprint density at radius 3 is 2.87 bits per heavy atom. The van der Waals surface area contributed by atoms with Crippen molar-refractivity contribution in [1.29, 1.82) is 0 Å². The van der Waals surface area contributed by atoms with Crippen LogP contribution in [0.1, 0.15) is 63.5 Å². The number of aromatic hydroxyl groups is 1. The molecule has 1 N–H and O–H groups in total. The lowest BCUT2D eigenvalue weighted by atomic mass is 9.51. The second kappa shape index (κ2) is 7.55. The third-order valence-electron chi connectivity index (χ3n) is 8.45. The van der Waals surface area contributed by atoms with Crippen molar-refractivity contribution in [1.82, 2.24) is 4.90 Å². The Bertz CT molecular complexity index is 898. The van der Waals surface area contributed by atoms with Crippen LogP contribution in [0.3, 0.4) is 0 Å². The summed E-state index contributed by atoms with van der Waals surface area (Å²) in [5.41, 5.74) is 2.05. The number of nitrogens with zero attached hydrogens (tertiary/aromatic N) is 1. The predicted molar refractivity (Wildman–Crippen MR) is 121 cm³/mol. The lowest BCUT2D eigenvalue weighted by molar-refractivity contribution is -0.138. The minimum absolute atomic E-state index is 0. The van der Waals surface area contributed by atoms with Gasteiger partial charge in [-0.15, -0.1) is 12.4 Å². The van der Waals surface area contributed by atoms with Gasteiger partial charge in [-0.2, -0.15) is 0 Å². The number of phenols is 1. The highest BCUT2D eigenvalue weighted by Crippen LogP contribution is 2.64. The molecule has 1 saturated heterocycles. The molecule has 1 spiro atoms. The van der Waals surface area contributed by atoms with Crippen LogP contribution in [0.25, 0.3) is 0 Å². The highest BCUT2D eigenvalue weighted by atomic mass is 35.5. The SMILES string of the molecule is CC(C)CCOc1cc(O)c2c3c1C[C@@H]1[C@@H]4CCC(=O)[C@H](O2)[C@]34CCN1CC1CC1.Cl. The minimum atomic E-state index is -0.423. The molecule has 1 aromatic carbocycles. The van der Waals surface area contributed by atoms with E-state index in [0.29, 0.717) is 36.7 Å². The van der Waals surface area contributed by atoms with Crippen molar-refractivity contribution in [2.75, 3.05) is 19.7 Å². The van der Waals surface area contributed by atoms with Gasteiger partial charge in [0.25, 0.3) is 0 Å². The Balaban J connectivity index is 0.00000204. The van der Waals surface area contributed by atoms with E-state index in [-0.39, 0.29) is 29.4 Å². The van der Waals surface area contributed by atoms with E-state index in [0.717, 1.165) is 49.5 Å². The van der Waals surface area contributed by atoms with Crippen LogP contribution in [-0.2, 0) is 16.6 Å². The largest absolute Gasteiger partial charge is 0.504 e. The molecule has 3 fully saturated rings. The molecule has 1 aromatic rings. The van der Waals surface area contributed by atoms with Crippen LogP contribution in [0.5, 0.6) is 17.2 Å². The van der Waals surface area contributed by atoms with Gasteiger partial charge in [-0.3, -0.25) is 9.69 Å². The van der Waals surface area contributed by atoms with Gasteiger partial charge in [-0.05, 0) is 62.8 Å². The first-order valence-electron chi connectivity index (χ1n) is 11.9. The van der Waals surface area contributed by atoms with Crippen molar-refractivity contribution in [3.63, 3.8) is 0 Å². The summed E-state index contributed by atoms with van der Waals surface area (Å²) in [5.74, 6) is 3.61. The molecule has 2 aliphatic heterocycles. The number of Topliss-reactive ketones (excluding diaryl/α,β-unsaturated/α-hetero) is 1. The standard InChI is InChI=1S/C25H33NO4.ClH/c1-14(2)7-10-29-21-12-20(28)23-22-16(21)11-18-17-5-6-19(27)24(30-23)25(17,22)8-9-26(18)13-15-3-4-15;/h12,14-15,17-18,24,28H,3-11,13H2,1-2H3;1H/t17-,18+,24-,25-;/m0./s1. The van der Waals surface area contributed by atoms with Crippen molar-refractivity contribution in [3.8, 4) is 17.2 Å². The molecule has 4 atom stereocenters. The fourth-order valence-corrected chi connectivity index (χ4v) is 6.85. The molecule has 5 aliphatic rings. The summed E-state index contributed by atoms with van der Waals surface area (Å²) >= 11 is 0. The van der Waals surface area contributed by atoms with Crippen LogP contribution >= 0.6 is 12.4 Å². The maximum Gasteiger partial charge on any atom is 0.174 e. The summed E-state index contributed by atoms with van der Waals surface area (Å²) in [4.78, 5) is 15.7. The van der Waals surface area contributed by atoms with E-state index in [1.165, 1.54) is 24.9 Å². The highest BCUT2D eigenvalue weighted by Gasteiger charge is 2.66. The summed E-state index contributed by atoms with van der Waals surface area (Å²) in [6.07, 6.45) is 6.74. The molecular weight excluding hydrogens is 414 g/mol. The average Bonchev–Trinajstić information content (AvgIpc) is 3.45. The maximum absolute atomic E-state index is 13.0. The van der Waals surface area contributed by atoms with Crippen LogP contribution in [0.2, 0.25) is 0 Å². The first-order valence-corrected chi connectivity index (χ1v) is 11.9. The first kappa shape index (κ1) is 21.4. The minimum Gasteiger partial charge on any atom is -0.504 e.